The fourth-order valence-electron chi connectivity index (χ4n) is 2.75. The van der Waals surface area contributed by atoms with Crippen LogP contribution in [0.15, 0.2) is 48.7 Å². The molecule has 0 atom stereocenters. The molecule has 0 unspecified atom stereocenters. The fraction of sp³-hybridized carbons (Fsp3) is 0.353. The molecule has 3 rings (SSSR count). The summed E-state index contributed by atoms with van der Waals surface area (Å²) in [5.74, 6) is 0. The summed E-state index contributed by atoms with van der Waals surface area (Å²) in [6.45, 7) is 6.46. The zero-order chi connectivity index (χ0) is 14.5. The summed E-state index contributed by atoms with van der Waals surface area (Å²) < 4.78 is 0. The van der Waals surface area contributed by atoms with Gasteiger partial charge < -0.3 is 0 Å². The number of rotatable bonds is 4. The molecule has 4 heteroatoms. The quantitative estimate of drug-likeness (QED) is 0.809. The largest absolute Gasteiger partial charge is 0.297 e. The van der Waals surface area contributed by atoms with Crippen molar-refractivity contribution in [2.24, 2.45) is 0 Å². The maximum atomic E-state index is 5.94. The van der Waals surface area contributed by atoms with Gasteiger partial charge in [-0.3, -0.25) is 9.80 Å². The number of halogens is 1. The normalized spacial score (nSPS) is 17.0. The lowest BCUT2D eigenvalue weighted by Gasteiger charge is -2.34. The lowest BCUT2D eigenvalue weighted by Crippen LogP contribution is -2.45. The van der Waals surface area contributed by atoms with Crippen molar-refractivity contribution in [3.63, 3.8) is 0 Å². The Hall–Kier alpha value is -1.42. The number of piperazine rings is 1. The molecule has 0 N–H and O–H groups in total. The summed E-state index contributed by atoms with van der Waals surface area (Å²) in [5, 5.41) is 0.579. The molecule has 1 aromatic carbocycles. The summed E-state index contributed by atoms with van der Waals surface area (Å²) in [4.78, 5) is 9.03. The Morgan fingerprint density at radius 3 is 2.10 bits per heavy atom. The van der Waals surface area contributed by atoms with Gasteiger partial charge in [-0.25, -0.2) is 4.98 Å². The van der Waals surface area contributed by atoms with Crippen molar-refractivity contribution in [1.82, 2.24) is 14.8 Å². The second-order valence-electron chi connectivity index (χ2n) is 5.52. The number of hydrogen-bond acceptors (Lipinski definition) is 3. The van der Waals surface area contributed by atoms with E-state index in [0.717, 1.165) is 39.3 Å². The monoisotopic (exact) mass is 301 g/mol. The van der Waals surface area contributed by atoms with Crippen LogP contribution in [0.5, 0.6) is 0 Å². The number of benzene rings is 1. The Labute approximate surface area is 131 Å². The smallest absolute Gasteiger partial charge is 0.129 e. The van der Waals surface area contributed by atoms with Crippen LogP contribution in [0.25, 0.3) is 0 Å². The van der Waals surface area contributed by atoms with Crippen LogP contribution in [0.2, 0.25) is 5.15 Å². The Balaban J connectivity index is 1.49. The van der Waals surface area contributed by atoms with Gasteiger partial charge in [0.1, 0.15) is 5.15 Å². The Kier molecular flexibility index (Phi) is 4.86. The van der Waals surface area contributed by atoms with Crippen molar-refractivity contribution in [3.8, 4) is 0 Å². The van der Waals surface area contributed by atoms with E-state index in [0.29, 0.717) is 5.15 Å². The molecule has 1 fully saturated rings. The minimum absolute atomic E-state index is 0.579. The molecule has 1 aliphatic rings. The van der Waals surface area contributed by atoms with Gasteiger partial charge in [0.2, 0.25) is 0 Å². The van der Waals surface area contributed by atoms with Crippen molar-refractivity contribution >= 4 is 11.6 Å². The predicted octanol–water partition coefficient (Wildman–Crippen LogP) is 3.05. The van der Waals surface area contributed by atoms with E-state index < -0.39 is 0 Å². The molecular formula is C17H20ClN3. The Morgan fingerprint density at radius 1 is 0.857 bits per heavy atom. The highest BCUT2D eigenvalue weighted by atomic mass is 35.5. The summed E-state index contributed by atoms with van der Waals surface area (Å²) in [7, 11) is 0. The standard InChI is InChI=1S/C17H20ClN3/c18-17-12-16(6-7-19-17)14-21-10-8-20(9-11-21)13-15-4-2-1-3-5-15/h1-7,12H,8-11,13-14H2. The van der Waals surface area contributed by atoms with E-state index in [9.17, 15) is 0 Å². The van der Waals surface area contributed by atoms with Gasteiger partial charge in [0, 0.05) is 45.5 Å². The van der Waals surface area contributed by atoms with Crippen LogP contribution in [0.1, 0.15) is 11.1 Å². The van der Waals surface area contributed by atoms with Crippen LogP contribution in [-0.2, 0) is 13.1 Å². The van der Waals surface area contributed by atoms with Gasteiger partial charge in [-0.05, 0) is 23.3 Å². The van der Waals surface area contributed by atoms with Crippen LogP contribution in [0.3, 0.4) is 0 Å². The third-order valence-electron chi connectivity index (χ3n) is 3.91. The minimum atomic E-state index is 0.579. The minimum Gasteiger partial charge on any atom is -0.297 e. The third-order valence-corrected chi connectivity index (χ3v) is 4.12. The van der Waals surface area contributed by atoms with E-state index in [1.807, 2.05) is 12.1 Å². The van der Waals surface area contributed by atoms with Crippen LogP contribution in [0.4, 0.5) is 0 Å². The number of aromatic nitrogens is 1. The molecule has 0 aliphatic carbocycles. The van der Waals surface area contributed by atoms with Crippen molar-refractivity contribution in [2.75, 3.05) is 26.2 Å². The maximum absolute atomic E-state index is 5.94. The highest BCUT2D eigenvalue weighted by Gasteiger charge is 2.17. The van der Waals surface area contributed by atoms with E-state index in [-0.39, 0.29) is 0 Å². The Morgan fingerprint density at radius 2 is 1.48 bits per heavy atom. The molecule has 0 spiro atoms. The second kappa shape index (κ2) is 7.03. The van der Waals surface area contributed by atoms with Gasteiger partial charge in [-0.15, -0.1) is 0 Å². The first-order chi connectivity index (χ1) is 10.3. The van der Waals surface area contributed by atoms with Gasteiger partial charge in [-0.1, -0.05) is 41.9 Å². The molecule has 1 aliphatic heterocycles. The number of nitrogens with zero attached hydrogens (tertiary/aromatic N) is 3. The molecule has 21 heavy (non-hydrogen) atoms. The molecule has 0 bridgehead atoms. The zero-order valence-electron chi connectivity index (χ0n) is 12.1. The van der Waals surface area contributed by atoms with Gasteiger partial charge in [0.05, 0.1) is 0 Å². The predicted molar refractivity (Wildman–Crippen MR) is 86.2 cm³/mol. The van der Waals surface area contributed by atoms with Crippen molar-refractivity contribution in [1.29, 1.82) is 0 Å². The molecule has 1 aromatic heterocycles. The molecule has 3 nitrogen and oxygen atoms in total. The van der Waals surface area contributed by atoms with Gasteiger partial charge in [0.15, 0.2) is 0 Å². The highest BCUT2D eigenvalue weighted by molar-refractivity contribution is 6.29. The van der Waals surface area contributed by atoms with Crippen molar-refractivity contribution < 1.29 is 0 Å². The van der Waals surface area contributed by atoms with Crippen molar-refractivity contribution in [2.45, 2.75) is 13.1 Å². The first-order valence-corrected chi connectivity index (χ1v) is 7.76. The lowest BCUT2D eigenvalue weighted by molar-refractivity contribution is 0.122. The molecule has 2 heterocycles. The molecule has 1 saturated heterocycles. The van der Waals surface area contributed by atoms with Gasteiger partial charge in [-0.2, -0.15) is 0 Å². The second-order valence-corrected chi connectivity index (χ2v) is 5.91. The third kappa shape index (κ3) is 4.27. The maximum Gasteiger partial charge on any atom is 0.129 e. The van der Waals surface area contributed by atoms with E-state index >= 15 is 0 Å². The van der Waals surface area contributed by atoms with E-state index in [1.54, 1.807) is 6.20 Å². The molecule has 0 saturated carbocycles. The molecule has 0 radical (unpaired) electrons. The topological polar surface area (TPSA) is 19.4 Å². The summed E-state index contributed by atoms with van der Waals surface area (Å²) in [5.41, 5.74) is 2.64. The summed E-state index contributed by atoms with van der Waals surface area (Å²) in [6, 6.07) is 14.7. The Bertz CT molecular complexity index is 565. The van der Waals surface area contributed by atoms with Crippen LogP contribution >= 0.6 is 11.6 Å². The lowest BCUT2D eigenvalue weighted by atomic mass is 10.2. The van der Waals surface area contributed by atoms with E-state index in [2.05, 4.69) is 45.1 Å². The van der Waals surface area contributed by atoms with Crippen molar-refractivity contribution in [3.05, 3.63) is 64.9 Å². The highest BCUT2D eigenvalue weighted by Crippen LogP contribution is 2.13. The first-order valence-electron chi connectivity index (χ1n) is 7.39. The van der Waals surface area contributed by atoms with E-state index in [4.69, 9.17) is 11.6 Å². The summed E-state index contributed by atoms with van der Waals surface area (Å²) >= 11 is 5.94. The average molecular weight is 302 g/mol. The van der Waals surface area contributed by atoms with Crippen LogP contribution in [-0.4, -0.2) is 41.0 Å². The molecular weight excluding hydrogens is 282 g/mol. The molecule has 2 aromatic rings. The number of hydrogen-bond donors (Lipinski definition) is 0. The van der Waals surface area contributed by atoms with E-state index in [1.165, 1.54) is 11.1 Å². The van der Waals surface area contributed by atoms with Crippen LogP contribution < -0.4 is 0 Å². The fourth-order valence-corrected chi connectivity index (χ4v) is 2.94. The molecule has 110 valence electrons. The molecule has 0 amide bonds. The van der Waals surface area contributed by atoms with Gasteiger partial charge >= 0.3 is 0 Å². The zero-order valence-corrected chi connectivity index (χ0v) is 12.8. The SMILES string of the molecule is Clc1cc(CN2CCN(Cc3ccccc3)CC2)ccn1. The first kappa shape index (κ1) is 14.5. The average Bonchev–Trinajstić information content (AvgIpc) is 2.50. The number of pyridine rings is 1. The van der Waals surface area contributed by atoms with Gasteiger partial charge in [0.25, 0.3) is 0 Å². The summed E-state index contributed by atoms with van der Waals surface area (Å²) in [6.07, 6.45) is 1.78. The van der Waals surface area contributed by atoms with Crippen LogP contribution in [0, 0.1) is 0 Å².